The normalized spacial score (nSPS) is 17.5. The summed E-state index contributed by atoms with van der Waals surface area (Å²) in [4.78, 5) is 11.2. The maximum absolute atomic E-state index is 11.2. The second-order valence-corrected chi connectivity index (χ2v) is 7.02. The molecule has 0 amide bonds. The van der Waals surface area contributed by atoms with Gasteiger partial charge < -0.3 is 5.11 Å². The van der Waals surface area contributed by atoms with E-state index in [0.29, 0.717) is 5.56 Å². The highest BCUT2D eigenvalue weighted by atomic mass is 32.2. The Labute approximate surface area is 103 Å². The molecule has 1 aromatic rings. The van der Waals surface area contributed by atoms with E-state index in [9.17, 15) is 13.2 Å². The molecule has 94 valence electrons. The minimum absolute atomic E-state index is 0.0585. The topological polar surface area (TPSA) is 97.5 Å². The SMILES string of the molecule is NS(=O)(=O)c1cc(C2CCCC2)c(C(=O)O)s1. The predicted molar refractivity (Wildman–Crippen MR) is 63.9 cm³/mol. The quantitative estimate of drug-likeness (QED) is 0.878. The monoisotopic (exact) mass is 275 g/mol. The first-order valence-electron chi connectivity index (χ1n) is 5.29. The molecule has 0 saturated heterocycles. The average molecular weight is 275 g/mol. The molecular weight excluding hydrogens is 262 g/mol. The average Bonchev–Trinajstić information content (AvgIpc) is 2.85. The summed E-state index contributed by atoms with van der Waals surface area (Å²) in [6.45, 7) is 0. The molecule has 0 aromatic carbocycles. The zero-order valence-corrected chi connectivity index (χ0v) is 10.7. The third kappa shape index (κ3) is 2.51. The standard InChI is InChI=1S/C10H13NO4S2/c11-17(14,15)8-5-7(6-3-1-2-4-6)9(16-8)10(12)13/h5-6H,1-4H2,(H,12,13)(H2,11,14,15). The van der Waals surface area contributed by atoms with E-state index in [-0.39, 0.29) is 15.0 Å². The third-order valence-electron chi connectivity index (χ3n) is 3.01. The number of primary sulfonamides is 1. The third-order valence-corrected chi connectivity index (χ3v) is 5.57. The van der Waals surface area contributed by atoms with E-state index < -0.39 is 16.0 Å². The summed E-state index contributed by atoms with van der Waals surface area (Å²) in [5, 5.41) is 14.1. The molecule has 1 heterocycles. The van der Waals surface area contributed by atoms with Crippen LogP contribution in [-0.2, 0) is 10.0 Å². The smallest absolute Gasteiger partial charge is 0.346 e. The van der Waals surface area contributed by atoms with Gasteiger partial charge in [0.25, 0.3) is 0 Å². The van der Waals surface area contributed by atoms with Gasteiger partial charge in [-0.15, -0.1) is 11.3 Å². The first-order chi connectivity index (χ1) is 7.89. The largest absolute Gasteiger partial charge is 0.477 e. The number of carboxylic acid groups (broad SMARTS) is 1. The molecule has 0 aliphatic heterocycles. The number of thiophene rings is 1. The molecule has 1 saturated carbocycles. The molecular formula is C10H13NO4S2. The molecule has 1 aliphatic rings. The van der Waals surface area contributed by atoms with Crippen molar-refractivity contribution in [2.75, 3.05) is 0 Å². The van der Waals surface area contributed by atoms with Gasteiger partial charge in [0, 0.05) is 0 Å². The molecule has 0 spiro atoms. The van der Waals surface area contributed by atoms with Gasteiger partial charge in [-0.1, -0.05) is 12.8 Å². The van der Waals surface area contributed by atoms with Gasteiger partial charge in [0.15, 0.2) is 0 Å². The Balaban J connectivity index is 2.49. The number of carbonyl (C=O) groups is 1. The van der Waals surface area contributed by atoms with Crippen LogP contribution in [0.4, 0.5) is 0 Å². The van der Waals surface area contributed by atoms with Crippen LogP contribution in [0.2, 0.25) is 0 Å². The molecule has 0 atom stereocenters. The summed E-state index contributed by atoms with van der Waals surface area (Å²) < 4.78 is 22.4. The van der Waals surface area contributed by atoms with Gasteiger partial charge in [0.05, 0.1) is 0 Å². The predicted octanol–water partition coefficient (Wildman–Crippen LogP) is 1.75. The maximum atomic E-state index is 11.2. The summed E-state index contributed by atoms with van der Waals surface area (Å²) >= 11 is 0.749. The lowest BCUT2D eigenvalue weighted by Gasteiger charge is -2.07. The van der Waals surface area contributed by atoms with E-state index >= 15 is 0 Å². The fourth-order valence-electron chi connectivity index (χ4n) is 2.23. The molecule has 1 aliphatic carbocycles. The second-order valence-electron chi connectivity index (χ2n) is 4.18. The molecule has 0 bridgehead atoms. The van der Waals surface area contributed by atoms with Gasteiger partial charge in [-0.25, -0.2) is 18.4 Å². The zero-order valence-electron chi connectivity index (χ0n) is 9.05. The number of hydrogen-bond acceptors (Lipinski definition) is 4. The van der Waals surface area contributed by atoms with Crippen LogP contribution in [-0.4, -0.2) is 19.5 Å². The van der Waals surface area contributed by atoms with Crippen LogP contribution in [0.5, 0.6) is 0 Å². The summed E-state index contributed by atoms with van der Waals surface area (Å²) in [6, 6.07) is 1.43. The van der Waals surface area contributed by atoms with Crippen molar-refractivity contribution in [3.8, 4) is 0 Å². The zero-order chi connectivity index (χ0) is 12.6. The summed E-state index contributed by atoms with van der Waals surface area (Å²) in [7, 11) is -3.81. The molecule has 7 heteroatoms. The first kappa shape index (κ1) is 12.5. The maximum Gasteiger partial charge on any atom is 0.346 e. The Bertz CT molecular complexity index is 541. The van der Waals surface area contributed by atoms with Crippen LogP contribution in [0.25, 0.3) is 0 Å². The number of carboxylic acids is 1. The Morgan fingerprint density at radius 2 is 2.00 bits per heavy atom. The second kappa shape index (κ2) is 4.40. The summed E-state index contributed by atoms with van der Waals surface area (Å²) in [6.07, 6.45) is 3.96. The van der Waals surface area contributed by atoms with E-state index in [1.54, 1.807) is 0 Å². The van der Waals surface area contributed by atoms with Crippen molar-refractivity contribution in [2.45, 2.75) is 35.8 Å². The van der Waals surface area contributed by atoms with Gasteiger partial charge in [-0.3, -0.25) is 0 Å². The molecule has 1 aromatic heterocycles. The van der Waals surface area contributed by atoms with Crippen molar-refractivity contribution in [2.24, 2.45) is 5.14 Å². The van der Waals surface area contributed by atoms with Gasteiger partial charge in [-0.2, -0.15) is 0 Å². The van der Waals surface area contributed by atoms with E-state index in [4.69, 9.17) is 10.2 Å². The van der Waals surface area contributed by atoms with E-state index in [1.165, 1.54) is 6.07 Å². The number of rotatable bonds is 3. The fraction of sp³-hybridized carbons (Fsp3) is 0.500. The highest BCUT2D eigenvalue weighted by molar-refractivity contribution is 7.91. The lowest BCUT2D eigenvalue weighted by Crippen LogP contribution is -2.10. The number of nitrogens with two attached hydrogens (primary N) is 1. The van der Waals surface area contributed by atoms with Crippen LogP contribution < -0.4 is 5.14 Å². The van der Waals surface area contributed by atoms with E-state index in [1.807, 2.05) is 0 Å². The van der Waals surface area contributed by atoms with Crippen LogP contribution in [0.1, 0.15) is 46.8 Å². The molecule has 0 unspecified atom stereocenters. The van der Waals surface area contributed by atoms with Crippen molar-refractivity contribution >= 4 is 27.3 Å². The van der Waals surface area contributed by atoms with Crippen molar-refractivity contribution in [3.05, 3.63) is 16.5 Å². The minimum atomic E-state index is -3.81. The molecule has 2 rings (SSSR count). The summed E-state index contributed by atoms with van der Waals surface area (Å²) in [5.41, 5.74) is 0.629. The fourth-order valence-corrected chi connectivity index (χ4v) is 4.05. The molecule has 1 fully saturated rings. The molecule has 3 N–H and O–H groups in total. The van der Waals surface area contributed by atoms with Gasteiger partial charge in [-0.05, 0) is 30.4 Å². The molecule has 5 nitrogen and oxygen atoms in total. The number of sulfonamides is 1. The van der Waals surface area contributed by atoms with Crippen LogP contribution >= 0.6 is 11.3 Å². The number of aromatic carboxylic acids is 1. The van der Waals surface area contributed by atoms with E-state index in [0.717, 1.165) is 37.0 Å². The summed E-state index contributed by atoms with van der Waals surface area (Å²) in [5.74, 6) is -0.917. The Kier molecular flexibility index (Phi) is 3.24. The Hall–Kier alpha value is -0.920. The van der Waals surface area contributed by atoms with Crippen LogP contribution in [0.15, 0.2) is 10.3 Å². The van der Waals surface area contributed by atoms with Crippen LogP contribution in [0.3, 0.4) is 0 Å². The Morgan fingerprint density at radius 1 is 1.41 bits per heavy atom. The molecule has 17 heavy (non-hydrogen) atoms. The first-order valence-corrected chi connectivity index (χ1v) is 7.65. The van der Waals surface area contributed by atoms with Gasteiger partial charge in [0.2, 0.25) is 10.0 Å². The van der Waals surface area contributed by atoms with E-state index in [2.05, 4.69) is 0 Å². The molecule has 0 radical (unpaired) electrons. The highest BCUT2D eigenvalue weighted by Crippen LogP contribution is 2.39. The number of hydrogen-bond donors (Lipinski definition) is 2. The van der Waals surface area contributed by atoms with Crippen molar-refractivity contribution in [3.63, 3.8) is 0 Å². The van der Waals surface area contributed by atoms with Gasteiger partial charge >= 0.3 is 5.97 Å². The lowest BCUT2D eigenvalue weighted by atomic mass is 9.98. The lowest BCUT2D eigenvalue weighted by molar-refractivity contribution is 0.0700. The van der Waals surface area contributed by atoms with Crippen molar-refractivity contribution in [1.82, 2.24) is 0 Å². The van der Waals surface area contributed by atoms with Crippen LogP contribution in [0, 0.1) is 0 Å². The minimum Gasteiger partial charge on any atom is -0.477 e. The van der Waals surface area contributed by atoms with Gasteiger partial charge in [0.1, 0.15) is 9.09 Å². The highest BCUT2D eigenvalue weighted by Gasteiger charge is 2.27. The Morgan fingerprint density at radius 3 is 2.47 bits per heavy atom. The van der Waals surface area contributed by atoms with Crippen molar-refractivity contribution < 1.29 is 18.3 Å². The van der Waals surface area contributed by atoms with Crippen molar-refractivity contribution in [1.29, 1.82) is 0 Å².